The van der Waals surface area contributed by atoms with Gasteiger partial charge in [-0.05, 0) is 42.5 Å². The first kappa shape index (κ1) is 14.8. The molecule has 1 aromatic carbocycles. The molecule has 1 fully saturated rings. The highest BCUT2D eigenvalue weighted by Crippen LogP contribution is 2.29. The van der Waals surface area contributed by atoms with Crippen LogP contribution in [0.1, 0.15) is 37.8 Å². The van der Waals surface area contributed by atoms with Crippen LogP contribution in [0, 0.1) is 11.2 Å². The van der Waals surface area contributed by atoms with Crippen molar-refractivity contribution in [3.63, 3.8) is 0 Å². The van der Waals surface area contributed by atoms with Gasteiger partial charge in [0.1, 0.15) is 5.82 Å². The van der Waals surface area contributed by atoms with E-state index in [0.29, 0.717) is 17.5 Å². The minimum atomic E-state index is -0.380. The summed E-state index contributed by atoms with van der Waals surface area (Å²) in [6.45, 7) is 7.23. The number of rotatable bonds is 3. The molecule has 0 atom stereocenters. The molecule has 0 bridgehead atoms. The van der Waals surface area contributed by atoms with Crippen molar-refractivity contribution in [3.8, 4) is 0 Å². The molecule has 3 N–H and O–H groups in total. The molecular formula is C15H22FN3O. The first-order valence-corrected chi connectivity index (χ1v) is 6.90. The first-order chi connectivity index (χ1) is 9.41. The number of benzene rings is 1. The van der Waals surface area contributed by atoms with Crippen LogP contribution in [0.4, 0.5) is 4.39 Å². The minimum Gasteiger partial charge on any atom is -0.409 e. The summed E-state index contributed by atoms with van der Waals surface area (Å²) in [6.07, 6.45) is 2.38. The Morgan fingerprint density at radius 3 is 2.90 bits per heavy atom. The Kier molecular flexibility index (Phi) is 4.28. The summed E-state index contributed by atoms with van der Waals surface area (Å²) in [5.74, 6) is -0.426. The van der Waals surface area contributed by atoms with E-state index in [4.69, 9.17) is 10.9 Å². The maximum absolute atomic E-state index is 13.3. The summed E-state index contributed by atoms with van der Waals surface area (Å²) in [4.78, 5) is 2.34. The number of halogens is 1. The molecule has 1 heterocycles. The van der Waals surface area contributed by atoms with Crippen molar-refractivity contribution in [1.29, 1.82) is 0 Å². The third-order valence-corrected chi connectivity index (χ3v) is 3.83. The predicted octanol–water partition coefficient (Wildman–Crippen LogP) is 2.54. The minimum absolute atomic E-state index is 0.0456. The SMILES string of the molecule is CC1(C)CCCN(Cc2ccc(F)cc2C(N)=NO)C1. The van der Waals surface area contributed by atoms with Gasteiger partial charge >= 0.3 is 0 Å². The smallest absolute Gasteiger partial charge is 0.170 e. The molecule has 5 heteroatoms. The second-order valence-corrected chi connectivity index (χ2v) is 6.27. The Hall–Kier alpha value is -1.62. The Morgan fingerprint density at radius 2 is 2.25 bits per heavy atom. The van der Waals surface area contributed by atoms with E-state index < -0.39 is 0 Å². The highest BCUT2D eigenvalue weighted by molar-refractivity contribution is 5.98. The van der Waals surface area contributed by atoms with Gasteiger partial charge < -0.3 is 10.9 Å². The summed E-state index contributed by atoms with van der Waals surface area (Å²) in [7, 11) is 0. The molecule has 0 unspecified atom stereocenters. The van der Waals surface area contributed by atoms with Crippen LogP contribution in [0.5, 0.6) is 0 Å². The van der Waals surface area contributed by atoms with Crippen molar-refractivity contribution in [1.82, 2.24) is 4.90 Å². The lowest BCUT2D eigenvalue weighted by Gasteiger charge is -2.38. The van der Waals surface area contributed by atoms with Crippen LogP contribution in [0.3, 0.4) is 0 Å². The largest absolute Gasteiger partial charge is 0.409 e. The van der Waals surface area contributed by atoms with Gasteiger partial charge in [-0.25, -0.2) is 4.39 Å². The molecule has 1 aliphatic heterocycles. The fraction of sp³-hybridized carbons (Fsp3) is 0.533. The Balaban J connectivity index is 2.21. The van der Waals surface area contributed by atoms with E-state index in [-0.39, 0.29) is 11.7 Å². The average Bonchev–Trinajstić information content (AvgIpc) is 2.39. The summed E-state index contributed by atoms with van der Waals surface area (Å²) in [5, 5.41) is 11.8. The highest BCUT2D eigenvalue weighted by Gasteiger charge is 2.26. The molecule has 110 valence electrons. The molecule has 1 aromatic rings. The van der Waals surface area contributed by atoms with Crippen molar-refractivity contribution < 1.29 is 9.60 Å². The zero-order valence-corrected chi connectivity index (χ0v) is 12.1. The molecule has 0 aliphatic carbocycles. The fourth-order valence-electron chi connectivity index (χ4n) is 2.90. The van der Waals surface area contributed by atoms with Gasteiger partial charge in [-0.2, -0.15) is 0 Å². The van der Waals surface area contributed by atoms with Crippen LogP contribution >= 0.6 is 0 Å². The maximum atomic E-state index is 13.3. The Labute approximate surface area is 119 Å². The molecule has 0 saturated carbocycles. The number of oxime groups is 1. The maximum Gasteiger partial charge on any atom is 0.170 e. The van der Waals surface area contributed by atoms with Gasteiger partial charge in [-0.1, -0.05) is 25.1 Å². The molecule has 4 nitrogen and oxygen atoms in total. The lowest BCUT2D eigenvalue weighted by atomic mass is 9.84. The number of hydrogen-bond donors (Lipinski definition) is 2. The molecular weight excluding hydrogens is 257 g/mol. The normalized spacial score (nSPS) is 20.1. The summed E-state index contributed by atoms with van der Waals surface area (Å²) in [5.41, 5.74) is 7.29. The first-order valence-electron chi connectivity index (χ1n) is 6.90. The molecule has 20 heavy (non-hydrogen) atoms. The van der Waals surface area contributed by atoms with Gasteiger partial charge in [0.05, 0.1) is 0 Å². The molecule has 0 radical (unpaired) electrons. The lowest BCUT2D eigenvalue weighted by Crippen LogP contribution is -2.39. The molecule has 1 saturated heterocycles. The van der Waals surface area contributed by atoms with E-state index in [1.165, 1.54) is 18.6 Å². The van der Waals surface area contributed by atoms with Crippen molar-refractivity contribution >= 4 is 5.84 Å². The van der Waals surface area contributed by atoms with Gasteiger partial charge in [0, 0.05) is 18.7 Å². The summed E-state index contributed by atoms with van der Waals surface area (Å²) < 4.78 is 13.3. The van der Waals surface area contributed by atoms with Crippen LogP contribution in [-0.2, 0) is 6.54 Å². The highest BCUT2D eigenvalue weighted by atomic mass is 19.1. The third-order valence-electron chi connectivity index (χ3n) is 3.83. The molecule has 2 rings (SSSR count). The molecule has 0 amide bonds. The van der Waals surface area contributed by atoms with Crippen LogP contribution < -0.4 is 5.73 Å². The van der Waals surface area contributed by atoms with E-state index in [1.54, 1.807) is 6.07 Å². The van der Waals surface area contributed by atoms with Crippen molar-refractivity contribution in [2.45, 2.75) is 33.2 Å². The van der Waals surface area contributed by atoms with Gasteiger partial charge in [-0.3, -0.25) is 4.90 Å². The van der Waals surface area contributed by atoms with Crippen LogP contribution in [0.25, 0.3) is 0 Å². The number of nitrogens with two attached hydrogens (primary N) is 1. The van der Waals surface area contributed by atoms with Gasteiger partial charge in [0.25, 0.3) is 0 Å². The molecule has 0 spiro atoms. The van der Waals surface area contributed by atoms with Gasteiger partial charge in [0.2, 0.25) is 0 Å². The van der Waals surface area contributed by atoms with E-state index in [0.717, 1.165) is 25.1 Å². The van der Waals surface area contributed by atoms with E-state index in [2.05, 4.69) is 23.9 Å². The van der Waals surface area contributed by atoms with Crippen molar-refractivity contribution in [3.05, 3.63) is 35.1 Å². The zero-order valence-electron chi connectivity index (χ0n) is 12.1. The molecule has 0 aromatic heterocycles. The molecule has 1 aliphatic rings. The topological polar surface area (TPSA) is 61.8 Å². The number of likely N-dealkylation sites (tertiary alicyclic amines) is 1. The Morgan fingerprint density at radius 1 is 1.50 bits per heavy atom. The second-order valence-electron chi connectivity index (χ2n) is 6.27. The fourth-order valence-corrected chi connectivity index (χ4v) is 2.90. The number of nitrogens with zero attached hydrogens (tertiary/aromatic N) is 2. The lowest BCUT2D eigenvalue weighted by molar-refractivity contribution is 0.111. The quantitative estimate of drug-likeness (QED) is 0.387. The number of amidine groups is 1. The summed E-state index contributed by atoms with van der Waals surface area (Å²) in [6, 6.07) is 4.45. The summed E-state index contributed by atoms with van der Waals surface area (Å²) >= 11 is 0. The van der Waals surface area contributed by atoms with Crippen LogP contribution in [0.2, 0.25) is 0 Å². The second kappa shape index (κ2) is 5.79. The third kappa shape index (κ3) is 3.48. The Bertz CT molecular complexity index is 514. The predicted molar refractivity (Wildman–Crippen MR) is 77.2 cm³/mol. The number of piperidine rings is 1. The van der Waals surface area contributed by atoms with Gasteiger partial charge in [0.15, 0.2) is 5.84 Å². The monoisotopic (exact) mass is 279 g/mol. The van der Waals surface area contributed by atoms with E-state index in [1.807, 2.05) is 0 Å². The average molecular weight is 279 g/mol. The van der Waals surface area contributed by atoms with Crippen LogP contribution in [0.15, 0.2) is 23.4 Å². The standard InChI is InChI=1S/C15H22FN3O/c1-15(2)6-3-7-19(10-15)9-11-4-5-12(16)8-13(11)14(17)18-20/h4-5,8,20H,3,6-7,9-10H2,1-2H3,(H2,17,18). The zero-order chi connectivity index (χ0) is 14.8. The van der Waals surface area contributed by atoms with Crippen molar-refractivity contribution in [2.24, 2.45) is 16.3 Å². The van der Waals surface area contributed by atoms with Crippen LogP contribution in [-0.4, -0.2) is 29.0 Å². The van der Waals surface area contributed by atoms with Gasteiger partial charge in [-0.15, -0.1) is 0 Å². The van der Waals surface area contributed by atoms with E-state index >= 15 is 0 Å². The van der Waals surface area contributed by atoms with E-state index in [9.17, 15) is 4.39 Å². The van der Waals surface area contributed by atoms with Crippen molar-refractivity contribution in [2.75, 3.05) is 13.1 Å². The number of hydrogen-bond acceptors (Lipinski definition) is 3.